The van der Waals surface area contributed by atoms with Crippen LogP contribution in [0.25, 0.3) is 0 Å². The average molecular weight is 368 g/mol. The van der Waals surface area contributed by atoms with Gasteiger partial charge in [0.05, 0.1) is 0 Å². The fourth-order valence-corrected chi connectivity index (χ4v) is 3.54. The number of rotatable bonds is 2. The van der Waals surface area contributed by atoms with Gasteiger partial charge in [0.2, 0.25) is 0 Å². The minimum Gasteiger partial charge on any atom is -0.396 e. The Balaban J connectivity index is 0.000000180. The van der Waals surface area contributed by atoms with Crippen LogP contribution >= 0.6 is 22.6 Å². The first-order chi connectivity index (χ1) is 8.65. The van der Waals surface area contributed by atoms with Crippen molar-refractivity contribution in [1.29, 1.82) is 0 Å². The SMILES string of the molecule is CN1CCCC(CI)C1.CN1CCCC(CO)C1. The summed E-state index contributed by atoms with van der Waals surface area (Å²) >= 11 is 2.49. The van der Waals surface area contributed by atoms with Crippen LogP contribution in [0.1, 0.15) is 25.7 Å². The summed E-state index contributed by atoms with van der Waals surface area (Å²) in [5, 5.41) is 8.78. The Hall–Kier alpha value is 0.610. The quantitative estimate of drug-likeness (QED) is 0.597. The molecule has 0 amide bonds. The van der Waals surface area contributed by atoms with Gasteiger partial charge in [0.1, 0.15) is 0 Å². The van der Waals surface area contributed by atoms with E-state index in [0.717, 1.165) is 12.5 Å². The fraction of sp³-hybridized carbons (Fsp3) is 1.00. The molecular formula is C14H29IN2O. The minimum atomic E-state index is 0.365. The normalized spacial score (nSPS) is 30.7. The van der Waals surface area contributed by atoms with Crippen LogP contribution in [0.5, 0.6) is 0 Å². The fourth-order valence-electron chi connectivity index (χ4n) is 2.82. The number of aliphatic hydroxyl groups excluding tert-OH is 1. The maximum Gasteiger partial charge on any atom is 0.0471 e. The second-order valence-corrected chi connectivity index (χ2v) is 6.76. The zero-order valence-corrected chi connectivity index (χ0v) is 14.1. The molecule has 2 saturated heterocycles. The van der Waals surface area contributed by atoms with E-state index in [2.05, 4.69) is 46.5 Å². The molecule has 0 saturated carbocycles. The number of hydrogen-bond donors (Lipinski definition) is 1. The van der Waals surface area contributed by atoms with Crippen LogP contribution in [0, 0.1) is 11.8 Å². The van der Waals surface area contributed by atoms with Crippen molar-refractivity contribution < 1.29 is 5.11 Å². The summed E-state index contributed by atoms with van der Waals surface area (Å²) in [6.07, 6.45) is 5.32. The van der Waals surface area contributed by atoms with Gasteiger partial charge in [0, 0.05) is 24.1 Å². The first kappa shape index (κ1) is 16.7. The van der Waals surface area contributed by atoms with Crippen molar-refractivity contribution in [2.45, 2.75) is 25.7 Å². The largest absolute Gasteiger partial charge is 0.396 e. The van der Waals surface area contributed by atoms with Gasteiger partial charge in [-0.1, -0.05) is 22.6 Å². The highest BCUT2D eigenvalue weighted by Crippen LogP contribution is 2.16. The Morgan fingerprint density at radius 1 is 1.00 bits per heavy atom. The van der Waals surface area contributed by atoms with E-state index in [1.807, 2.05) is 0 Å². The molecule has 18 heavy (non-hydrogen) atoms. The summed E-state index contributed by atoms with van der Waals surface area (Å²) in [5.41, 5.74) is 0. The average Bonchev–Trinajstić information content (AvgIpc) is 2.39. The molecule has 0 aromatic heterocycles. The summed E-state index contributed by atoms with van der Waals surface area (Å²) in [4.78, 5) is 4.72. The van der Waals surface area contributed by atoms with E-state index in [0.29, 0.717) is 12.5 Å². The lowest BCUT2D eigenvalue weighted by molar-refractivity contribution is 0.138. The van der Waals surface area contributed by atoms with Crippen molar-refractivity contribution in [2.24, 2.45) is 11.8 Å². The van der Waals surface area contributed by atoms with Crippen molar-refractivity contribution in [3.8, 4) is 0 Å². The molecule has 0 aromatic carbocycles. The summed E-state index contributed by atoms with van der Waals surface area (Å²) < 4.78 is 1.34. The van der Waals surface area contributed by atoms with Gasteiger partial charge in [-0.3, -0.25) is 0 Å². The third-order valence-electron chi connectivity index (χ3n) is 3.92. The molecule has 0 aliphatic carbocycles. The van der Waals surface area contributed by atoms with Gasteiger partial charge in [-0.05, 0) is 64.7 Å². The zero-order valence-electron chi connectivity index (χ0n) is 11.9. The summed E-state index contributed by atoms with van der Waals surface area (Å²) in [6, 6.07) is 0. The highest BCUT2D eigenvalue weighted by molar-refractivity contribution is 14.1. The van der Waals surface area contributed by atoms with E-state index in [1.54, 1.807) is 0 Å². The van der Waals surface area contributed by atoms with Gasteiger partial charge in [-0.2, -0.15) is 0 Å². The molecule has 2 fully saturated rings. The highest BCUT2D eigenvalue weighted by Gasteiger charge is 2.15. The van der Waals surface area contributed by atoms with Crippen LogP contribution in [0.4, 0.5) is 0 Å². The first-order valence-corrected chi connectivity index (χ1v) is 8.72. The molecule has 0 aromatic rings. The molecule has 3 nitrogen and oxygen atoms in total. The molecule has 0 bridgehead atoms. The molecule has 2 heterocycles. The van der Waals surface area contributed by atoms with Crippen LogP contribution in [0.3, 0.4) is 0 Å². The van der Waals surface area contributed by atoms with Gasteiger partial charge >= 0.3 is 0 Å². The Bertz CT molecular complexity index is 194. The number of hydrogen-bond acceptors (Lipinski definition) is 3. The highest BCUT2D eigenvalue weighted by atomic mass is 127. The minimum absolute atomic E-state index is 0.365. The van der Waals surface area contributed by atoms with Crippen LogP contribution in [0.2, 0.25) is 0 Å². The molecule has 2 unspecified atom stereocenters. The van der Waals surface area contributed by atoms with Crippen LogP contribution in [0.15, 0.2) is 0 Å². The van der Waals surface area contributed by atoms with E-state index in [-0.39, 0.29) is 0 Å². The maximum atomic E-state index is 8.78. The molecular weight excluding hydrogens is 339 g/mol. The molecule has 108 valence electrons. The van der Waals surface area contributed by atoms with Crippen molar-refractivity contribution in [3.63, 3.8) is 0 Å². The summed E-state index contributed by atoms with van der Waals surface area (Å²) in [7, 11) is 4.33. The van der Waals surface area contributed by atoms with Gasteiger partial charge in [0.15, 0.2) is 0 Å². The van der Waals surface area contributed by atoms with E-state index in [4.69, 9.17) is 5.11 Å². The van der Waals surface area contributed by atoms with Crippen molar-refractivity contribution in [1.82, 2.24) is 9.80 Å². The molecule has 0 spiro atoms. The maximum absolute atomic E-state index is 8.78. The smallest absolute Gasteiger partial charge is 0.0471 e. The van der Waals surface area contributed by atoms with Crippen molar-refractivity contribution in [3.05, 3.63) is 0 Å². The topological polar surface area (TPSA) is 26.7 Å². The first-order valence-electron chi connectivity index (χ1n) is 7.19. The summed E-state index contributed by atoms with van der Waals surface area (Å²) in [6.45, 7) is 5.29. The van der Waals surface area contributed by atoms with Gasteiger partial charge < -0.3 is 14.9 Å². The van der Waals surface area contributed by atoms with Gasteiger partial charge in [0.25, 0.3) is 0 Å². The molecule has 2 rings (SSSR count). The van der Waals surface area contributed by atoms with Gasteiger partial charge in [-0.15, -0.1) is 0 Å². The van der Waals surface area contributed by atoms with E-state index >= 15 is 0 Å². The van der Waals surface area contributed by atoms with Crippen molar-refractivity contribution >= 4 is 22.6 Å². The molecule has 4 heteroatoms. The van der Waals surface area contributed by atoms with E-state index in [1.165, 1.54) is 49.7 Å². The van der Waals surface area contributed by atoms with E-state index in [9.17, 15) is 0 Å². The lowest BCUT2D eigenvalue weighted by Gasteiger charge is -2.28. The lowest BCUT2D eigenvalue weighted by Crippen LogP contribution is -2.33. The van der Waals surface area contributed by atoms with Crippen LogP contribution in [-0.4, -0.2) is 66.2 Å². The summed E-state index contributed by atoms with van der Waals surface area (Å²) in [5.74, 6) is 1.52. The molecule has 2 aliphatic heterocycles. The monoisotopic (exact) mass is 368 g/mol. The van der Waals surface area contributed by atoms with Crippen molar-refractivity contribution in [2.75, 3.05) is 51.3 Å². The van der Waals surface area contributed by atoms with Gasteiger partial charge in [-0.25, -0.2) is 0 Å². The van der Waals surface area contributed by atoms with Crippen LogP contribution < -0.4 is 0 Å². The Morgan fingerprint density at radius 2 is 1.50 bits per heavy atom. The number of aliphatic hydroxyl groups is 1. The standard InChI is InChI=1S/C7H14IN.C7H15NO/c1-9-4-2-3-7(5-8)6-9;1-8-4-2-3-7(5-8)6-9/h7H,2-6H2,1H3;7,9H,2-6H2,1H3. The number of piperidine rings is 2. The number of likely N-dealkylation sites (tertiary alicyclic amines) is 2. The number of nitrogens with zero attached hydrogens (tertiary/aromatic N) is 2. The third-order valence-corrected chi connectivity index (χ3v) is 5.17. The van der Waals surface area contributed by atoms with E-state index < -0.39 is 0 Å². The molecule has 1 N–H and O–H groups in total. The predicted octanol–water partition coefficient (Wildman–Crippen LogP) is 2.08. The Labute approximate surface area is 126 Å². The third kappa shape index (κ3) is 6.68. The predicted molar refractivity (Wildman–Crippen MR) is 86.4 cm³/mol. The molecule has 0 radical (unpaired) electrons. The Morgan fingerprint density at radius 3 is 1.83 bits per heavy atom. The number of alkyl halides is 1. The second kappa shape index (κ2) is 9.50. The molecule has 2 atom stereocenters. The lowest BCUT2D eigenvalue weighted by atomic mass is 10.00. The van der Waals surface area contributed by atoms with Crippen LogP contribution in [-0.2, 0) is 0 Å². The second-order valence-electron chi connectivity index (χ2n) is 5.88. The number of halogens is 1. The molecule has 2 aliphatic rings. The Kier molecular flexibility index (Phi) is 8.80. The zero-order chi connectivity index (χ0) is 13.4.